The first-order valence-corrected chi connectivity index (χ1v) is 8.00. The van der Waals surface area contributed by atoms with Crippen LogP contribution in [0.5, 0.6) is 0 Å². The quantitative estimate of drug-likeness (QED) is 0.945. The number of carboxylic acids is 1. The van der Waals surface area contributed by atoms with Gasteiger partial charge in [-0.05, 0) is 31.9 Å². The van der Waals surface area contributed by atoms with Gasteiger partial charge in [-0.25, -0.2) is 9.78 Å². The molecular formula is C16H16N2O3S. The second kappa shape index (κ2) is 5.88. The Morgan fingerprint density at radius 3 is 2.64 bits per heavy atom. The predicted molar refractivity (Wildman–Crippen MR) is 84.0 cm³/mol. The van der Waals surface area contributed by atoms with Crippen LogP contribution in [-0.2, 0) is 4.79 Å². The molecule has 2 heterocycles. The third-order valence-corrected chi connectivity index (χ3v) is 4.62. The summed E-state index contributed by atoms with van der Waals surface area (Å²) in [7, 11) is 0. The van der Waals surface area contributed by atoms with Crippen LogP contribution in [0.4, 0.5) is 0 Å². The Morgan fingerprint density at radius 2 is 2.05 bits per heavy atom. The number of likely N-dealkylation sites (tertiary alicyclic amines) is 1. The molecule has 0 saturated carbocycles. The lowest BCUT2D eigenvalue weighted by Crippen LogP contribution is -2.40. The third-order valence-electron chi connectivity index (χ3n) is 3.85. The highest BCUT2D eigenvalue weighted by Gasteiger charge is 2.34. The van der Waals surface area contributed by atoms with Crippen molar-refractivity contribution in [3.63, 3.8) is 0 Å². The van der Waals surface area contributed by atoms with Gasteiger partial charge in [-0.2, -0.15) is 0 Å². The molecule has 3 rings (SSSR count). The van der Waals surface area contributed by atoms with Crippen LogP contribution in [0.3, 0.4) is 0 Å². The molecule has 114 valence electrons. The zero-order valence-electron chi connectivity index (χ0n) is 12.2. The predicted octanol–water partition coefficient (Wildman–Crippen LogP) is 2.81. The van der Waals surface area contributed by atoms with Crippen LogP contribution in [0.1, 0.15) is 28.2 Å². The lowest BCUT2D eigenvalue weighted by Gasteiger charge is -2.21. The van der Waals surface area contributed by atoms with E-state index in [1.54, 1.807) is 23.5 Å². The van der Waals surface area contributed by atoms with E-state index in [2.05, 4.69) is 4.98 Å². The Labute approximate surface area is 132 Å². The summed E-state index contributed by atoms with van der Waals surface area (Å²) in [6.45, 7) is 2.45. The SMILES string of the molecule is Cc1nc(-c2ccc(C(=O)N3CCCC3C(=O)O)cc2)cs1. The van der Waals surface area contributed by atoms with Crippen LogP contribution in [0, 0.1) is 6.92 Å². The summed E-state index contributed by atoms with van der Waals surface area (Å²) in [6, 6.07) is 6.49. The van der Waals surface area contributed by atoms with E-state index in [0.717, 1.165) is 22.7 Å². The monoisotopic (exact) mass is 316 g/mol. The normalized spacial score (nSPS) is 17.7. The Hall–Kier alpha value is -2.21. The van der Waals surface area contributed by atoms with E-state index in [1.807, 2.05) is 24.4 Å². The molecule has 1 N–H and O–H groups in total. The van der Waals surface area contributed by atoms with Crippen molar-refractivity contribution in [3.8, 4) is 11.3 Å². The minimum atomic E-state index is -0.930. The Kier molecular flexibility index (Phi) is 3.94. The summed E-state index contributed by atoms with van der Waals surface area (Å²) >= 11 is 1.58. The van der Waals surface area contributed by atoms with Gasteiger partial charge in [0.25, 0.3) is 5.91 Å². The molecule has 0 radical (unpaired) electrons. The maximum Gasteiger partial charge on any atom is 0.326 e. The fourth-order valence-electron chi connectivity index (χ4n) is 2.71. The number of aryl methyl sites for hydroxylation is 1. The first-order valence-electron chi connectivity index (χ1n) is 7.12. The average Bonchev–Trinajstić information content (AvgIpc) is 3.15. The van der Waals surface area contributed by atoms with Crippen molar-refractivity contribution < 1.29 is 14.7 Å². The summed E-state index contributed by atoms with van der Waals surface area (Å²) in [5.41, 5.74) is 2.37. The molecule has 1 fully saturated rings. The van der Waals surface area contributed by atoms with Crippen molar-refractivity contribution in [1.29, 1.82) is 0 Å². The number of rotatable bonds is 3. The highest BCUT2D eigenvalue weighted by molar-refractivity contribution is 7.09. The van der Waals surface area contributed by atoms with Crippen molar-refractivity contribution in [3.05, 3.63) is 40.2 Å². The van der Waals surface area contributed by atoms with E-state index in [0.29, 0.717) is 18.5 Å². The van der Waals surface area contributed by atoms with Crippen molar-refractivity contribution in [2.24, 2.45) is 0 Å². The van der Waals surface area contributed by atoms with Crippen molar-refractivity contribution in [2.45, 2.75) is 25.8 Å². The molecule has 22 heavy (non-hydrogen) atoms. The maximum atomic E-state index is 12.5. The van der Waals surface area contributed by atoms with Crippen LogP contribution < -0.4 is 0 Å². The average molecular weight is 316 g/mol. The fourth-order valence-corrected chi connectivity index (χ4v) is 3.33. The smallest absolute Gasteiger partial charge is 0.326 e. The number of aliphatic carboxylic acids is 1. The number of benzene rings is 1. The molecule has 0 bridgehead atoms. The van der Waals surface area contributed by atoms with Crippen molar-refractivity contribution >= 4 is 23.2 Å². The number of carbonyl (C=O) groups is 2. The topological polar surface area (TPSA) is 70.5 Å². The van der Waals surface area contributed by atoms with E-state index in [-0.39, 0.29) is 5.91 Å². The van der Waals surface area contributed by atoms with E-state index in [4.69, 9.17) is 0 Å². The minimum absolute atomic E-state index is 0.217. The molecule has 2 aromatic rings. The van der Waals surface area contributed by atoms with Gasteiger partial charge in [-0.15, -0.1) is 11.3 Å². The summed E-state index contributed by atoms with van der Waals surface area (Å²) in [6.07, 6.45) is 1.26. The Balaban J connectivity index is 1.80. The van der Waals surface area contributed by atoms with E-state index < -0.39 is 12.0 Å². The number of nitrogens with zero attached hydrogens (tertiary/aromatic N) is 2. The molecule has 0 spiro atoms. The largest absolute Gasteiger partial charge is 0.480 e. The van der Waals surface area contributed by atoms with Crippen molar-refractivity contribution in [2.75, 3.05) is 6.54 Å². The molecule has 1 saturated heterocycles. The highest BCUT2D eigenvalue weighted by atomic mass is 32.1. The van der Waals surface area contributed by atoms with E-state index >= 15 is 0 Å². The Bertz CT molecular complexity index is 708. The molecule has 1 atom stereocenters. The van der Waals surface area contributed by atoms with Gasteiger partial charge in [-0.1, -0.05) is 12.1 Å². The molecule has 1 unspecified atom stereocenters. The number of thiazole rings is 1. The van der Waals surface area contributed by atoms with Gasteiger partial charge in [0.15, 0.2) is 0 Å². The molecule has 1 aromatic heterocycles. The third kappa shape index (κ3) is 2.74. The van der Waals surface area contributed by atoms with E-state index in [1.165, 1.54) is 4.90 Å². The van der Waals surface area contributed by atoms with Gasteiger partial charge in [-0.3, -0.25) is 4.79 Å². The molecule has 1 aromatic carbocycles. The number of carbonyl (C=O) groups excluding carboxylic acids is 1. The fraction of sp³-hybridized carbons (Fsp3) is 0.312. The highest BCUT2D eigenvalue weighted by Crippen LogP contribution is 2.24. The number of carboxylic acid groups (broad SMARTS) is 1. The zero-order valence-corrected chi connectivity index (χ0v) is 13.0. The summed E-state index contributed by atoms with van der Waals surface area (Å²) in [5, 5.41) is 12.1. The number of amides is 1. The molecule has 0 aliphatic carbocycles. The first-order chi connectivity index (χ1) is 10.6. The number of hydrogen-bond acceptors (Lipinski definition) is 4. The van der Waals surface area contributed by atoms with Crippen LogP contribution >= 0.6 is 11.3 Å². The molecule has 5 nitrogen and oxygen atoms in total. The molecule has 1 aliphatic heterocycles. The van der Waals surface area contributed by atoms with Gasteiger partial charge < -0.3 is 10.0 Å². The van der Waals surface area contributed by atoms with Gasteiger partial charge >= 0.3 is 5.97 Å². The Morgan fingerprint density at radius 1 is 1.32 bits per heavy atom. The summed E-state index contributed by atoms with van der Waals surface area (Å²) in [5.74, 6) is -1.15. The second-order valence-corrected chi connectivity index (χ2v) is 6.39. The molecule has 1 aliphatic rings. The summed E-state index contributed by atoms with van der Waals surface area (Å²) in [4.78, 5) is 29.5. The second-order valence-electron chi connectivity index (χ2n) is 5.32. The van der Waals surface area contributed by atoms with Crippen molar-refractivity contribution in [1.82, 2.24) is 9.88 Å². The molecule has 1 amide bonds. The minimum Gasteiger partial charge on any atom is -0.480 e. The number of aromatic nitrogens is 1. The lowest BCUT2D eigenvalue weighted by atomic mass is 10.1. The van der Waals surface area contributed by atoms with Crippen LogP contribution in [0.25, 0.3) is 11.3 Å². The van der Waals surface area contributed by atoms with Gasteiger partial charge in [0.2, 0.25) is 0 Å². The number of hydrogen-bond donors (Lipinski definition) is 1. The van der Waals surface area contributed by atoms with Gasteiger partial charge in [0, 0.05) is 23.1 Å². The summed E-state index contributed by atoms with van der Waals surface area (Å²) < 4.78 is 0. The van der Waals surface area contributed by atoms with Crippen LogP contribution in [-0.4, -0.2) is 39.5 Å². The van der Waals surface area contributed by atoms with Gasteiger partial charge in [0.05, 0.1) is 10.7 Å². The molecule has 6 heteroatoms. The maximum absolute atomic E-state index is 12.5. The zero-order chi connectivity index (χ0) is 15.7. The van der Waals surface area contributed by atoms with E-state index in [9.17, 15) is 14.7 Å². The first kappa shape index (κ1) is 14.7. The van der Waals surface area contributed by atoms with Gasteiger partial charge in [0.1, 0.15) is 6.04 Å². The standard InChI is InChI=1S/C16H16N2O3S/c1-10-17-13(9-22-10)11-4-6-12(7-5-11)15(19)18-8-2-3-14(18)16(20)21/h4-7,9,14H,2-3,8H2,1H3,(H,20,21). The van der Waals surface area contributed by atoms with Crippen LogP contribution in [0.2, 0.25) is 0 Å². The molecular weight excluding hydrogens is 300 g/mol. The van der Waals surface area contributed by atoms with Crippen LogP contribution in [0.15, 0.2) is 29.6 Å². The lowest BCUT2D eigenvalue weighted by molar-refractivity contribution is -0.141.